The van der Waals surface area contributed by atoms with Gasteiger partial charge >= 0.3 is 0 Å². The van der Waals surface area contributed by atoms with Gasteiger partial charge in [-0.15, -0.1) is 0 Å². The molecule has 0 aromatic rings. The smallest absolute Gasteiger partial charge is 0.0900 e. The Morgan fingerprint density at radius 2 is 2.33 bits per heavy atom. The van der Waals surface area contributed by atoms with Crippen molar-refractivity contribution in [1.82, 2.24) is 4.90 Å². The predicted octanol–water partition coefficient (Wildman–Crippen LogP) is 0.0529. The quantitative estimate of drug-likeness (QED) is 0.682. The number of hydrogen-bond donors (Lipinski definition) is 2. The van der Waals surface area contributed by atoms with Gasteiger partial charge in [-0.2, -0.15) is 0 Å². The van der Waals surface area contributed by atoms with Crippen molar-refractivity contribution in [3.63, 3.8) is 0 Å². The van der Waals surface area contributed by atoms with Crippen LogP contribution in [0.3, 0.4) is 0 Å². The molecule has 1 rings (SSSR count). The van der Waals surface area contributed by atoms with Crippen LogP contribution in [-0.4, -0.2) is 55.5 Å². The number of nitrogens with zero attached hydrogens (tertiary/aromatic N) is 1. The van der Waals surface area contributed by atoms with Gasteiger partial charge in [0, 0.05) is 26.2 Å². The van der Waals surface area contributed by atoms with Crippen LogP contribution in [-0.2, 0) is 4.74 Å². The summed E-state index contributed by atoms with van der Waals surface area (Å²) >= 11 is 0. The zero-order chi connectivity index (χ0) is 11.3. The van der Waals surface area contributed by atoms with Gasteiger partial charge in [0.05, 0.1) is 12.7 Å². The molecule has 3 atom stereocenters. The molecule has 1 aliphatic heterocycles. The van der Waals surface area contributed by atoms with Crippen LogP contribution in [0, 0.1) is 5.92 Å². The van der Waals surface area contributed by atoms with Gasteiger partial charge in [-0.1, -0.05) is 6.92 Å². The number of rotatable bonds is 5. The molecule has 0 saturated carbocycles. The number of likely N-dealkylation sites (tertiary alicyclic amines) is 1. The van der Waals surface area contributed by atoms with Gasteiger partial charge in [-0.3, -0.25) is 4.90 Å². The van der Waals surface area contributed by atoms with Crippen molar-refractivity contribution in [3.8, 4) is 0 Å². The average molecular weight is 216 g/mol. The molecule has 4 heteroatoms. The van der Waals surface area contributed by atoms with Crippen molar-refractivity contribution in [3.05, 3.63) is 0 Å². The van der Waals surface area contributed by atoms with Crippen LogP contribution in [0.5, 0.6) is 0 Å². The molecule has 3 N–H and O–H groups in total. The lowest BCUT2D eigenvalue weighted by atomic mass is 9.90. The molecule has 1 fully saturated rings. The average Bonchev–Trinajstić information content (AvgIpc) is 2.18. The Morgan fingerprint density at radius 1 is 1.60 bits per heavy atom. The van der Waals surface area contributed by atoms with E-state index >= 15 is 0 Å². The van der Waals surface area contributed by atoms with Crippen molar-refractivity contribution in [2.45, 2.75) is 31.9 Å². The van der Waals surface area contributed by atoms with Crippen LogP contribution < -0.4 is 5.73 Å². The van der Waals surface area contributed by atoms with Gasteiger partial charge in [0.15, 0.2) is 0 Å². The monoisotopic (exact) mass is 216 g/mol. The molecule has 15 heavy (non-hydrogen) atoms. The Morgan fingerprint density at radius 3 is 2.93 bits per heavy atom. The molecular weight excluding hydrogens is 192 g/mol. The Hall–Kier alpha value is -0.160. The van der Waals surface area contributed by atoms with E-state index in [0.717, 1.165) is 6.54 Å². The molecular formula is C11H24N2O2. The first-order valence-electron chi connectivity index (χ1n) is 5.80. The molecule has 90 valence electrons. The van der Waals surface area contributed by atoms with Crippen LogP contribution in [0.4, 0.5) is 0 Å². The lowest BCUT2D eigenvalue weighted by Crippen LogP contribution is -2.51. The molecule has 1 saturated heterocycles. The first kappa shape index (κ1) is 12.9. The summed E-state index contributed by atoms with van der Waals surface area (Å²) in [5, 5.41) is 9.69. The minimum atomic E-state index is -0.394. The molecule has 0 spiro atoms. The number of aliphatic hydroxyl groups excluding tert-OH is 1. The highest BCUT2D eigenvalue weighted by atomic mass is 16.5. The Bertz CT molecular complexity index is 178. The fourth-order valence-corrected chi connectivity index (χ4v) is 2.46. The highest BCUT2D eigenvalue weighted by Gasteiger charge is 2.28. The highest BCUT2D eigenvalue weighted by Crippen LogP contribution is 2.22. The van der Waals surface area contributed by atoms with Crippen LogP contribution in [0.1, 0.15) is 19.8 Å². The number of β-amino-alcohol motifs (C(OH)–C–C–N with tert-alkyl or cyclic N) is 1. The largest absolute Gasteiger partial charge is 0.389 e. The highest BCUT2D eigenvalue weighted by molar-refractivity contribution is 4.83. The molecule has 0 amide bonds. The normalized spacial score (nSPS) is 30.4. The van der Waals surface area contributed by atoms with Gasteiger partial charge in [0.1, 0.15) is 0 Å². The third-order valence-electron chi connectivity index (χ3n) is 3.28. The maximum Gasteiger partial charge on any atom is 0.0900 e. The molecule has 4 nitrogen and oxygen atoms in total. The van der Waals surface area contributed by atoms with Gasteiger partial charge in [-0.25, -0.2) is 0 Å². The van der Waals surface area contributed by atoms with E-state index in [4.69, 9.17) is 10.5 Å². The van der Waals surface area contributed by atoms with Gasteiger partial charge < -0.3 is 15.6 Å². The molecule has 0 bridgehead atoms. The standard InChI is InChI=1S/C11H24N2O2/c1-9-4-3-5-13(11(9)6-12)7-10(14)8-15-2/h9-11,14H,3-8,12H2,1-2H3. The zero-order valence-corrected chi connectivity index (χ0v) is 9.85. The number of ether oxygens (including phenoxy) is 1. The summed E-state index contributed by atoms with van der Waals surface area (Å²) in [5.41, 5.74) is 5.78. The first-order chi connectivity index (χ1) is 7.19. The van der Waals surface area contributed by atoms with E-state index in [9.17, 15) is 5.11 Å². The van der Waals surface area contributed by atoms with Gasteiger partial charge in [0.2, 0.25) is 0 Å². The van der Waals surface area contributed by atoms with E-state index in [2.05, 4.69) is 11.8 Å². The SMILES string of the molecule is COCC(O)CN1CCCC(C)C1CN. The second-order valence-electron chi connectivity index (χ2n) is 4.53. The molecule has 3 unspecified atom stereocenters. The second kappa shape index (κ2) is 6.43. The van der Waals surface area contributed by atoms with E-state index in [0.29, 0.717) is 31.7 Å². The summed E-state index contributed by atoms with van der Waals surface area (Å²) in [4.78, 5) is 2.30. The Balaban J connectivity index is 2.43. The minimum Gasteiger partial charge on any atom is -0.389 e. The van der Waals surface area contributed by atoms with Crippen LogP contribution >= 0.6 is 0 Å². The predicted molar refractivity (Wildman–Crippen MR) is 60.7 cm³/mol. The van der Waals surface area contributed by atoms with E-state index in [1.54, 1.807) is 7.11 Å². The Labute approximate surface area is 92.4 Å². The molecule has 0 aromatic carbocycles. The number of hydrogen-bond acceptors (Lipinski definition) is 4. The lowest BCUT2D eigenvalue weighted by Gasteiger charge is -2.40. The number of aliphatic hydroxyl groups is 1. The van der Waals surface area contributed by atoms with Crippen molar-refractivity contribution in [2.24, 2.45) is 11.7 Å². The topological polar surface area (TPSA) is 58.7 Å². The Kier molecular flexibility index (Phi) is 5.53. The van der Waals surface area contributed by atoms with Crippen molar-refractivity contribution in [2.75, 3.05) is 33.4 Å². The van der Waals surface area contributed by atoms with Crippen LogP contribution in [0.2, 0.25) is 0 Å². The zero-order valence-electron chi connectivity index (χ0n) is 9.85. The van der Waals surface area contributed by atoms with Gasteiger partial charge in [-0.05, 0) is 25.3 Å². The maximum atomic E-state index is 9.69. The maximum absolute atomic E-state index is 9.69. The molecule has 0 radical (unpaired) electrons. The van der Waals surface area contributed by atoms with E-state index in [-0.39, 0.29) is 0 Å². The first-order valence-corrected chi connectivity index (χ1v) is 5.80. The van der Waals surface area contributed by atoms with Crippen molar-refractivity contribution in [1.29, 1.82) is 0 Å². The summed E-state index contributed by atoms with van der Waals surface area (Å²) in [7, 11) is 1.61. The summed E-state index contributed by atoms with van der Waals surface area (Å²) in [6, 6.07) is 0.422. The molecule has 1 aliphatic rings. The van der Waals surface area contributed by atoms with Crippen molar-refractivity contribution < 1.29 is 9.84 Å². The van der Waals surface area contributed by atoms with E-state index in [1.807, 2.05) is 0 Å². The number of methoxy groups -OCH3 is 1. The summed E-state index contributed by atoms with van der Waals surface area (Å²) in [5.74, 6) is 0.637. The molecule has 0 aliphatic carbocycles. The fourth-order valence-electron chi connectivity index (χ4n) is 2.46. The molecule has 0 aromatic heterocycles. The lowest BCUT2D eigenvalue weighted by molar-refractivity contribution is 0.00867. The second-order valence-corrected chi connectivity index (χ2v) is 4.53. The fraction of sp³-hybridized carbons (Fsp3) is 1.00. The summed E-state index contributed by atoms with van der Waals surface area (Å²) in [6.45, 7) is 5.06. The molecule has 1 heterocycles. The number of piperidine rings is 1. The van der Waals surface area contributed by atoms with E-state index < -0.39 is 6.10 Å². The van der Waals surface area contributed by atoms with Crippen LogP contribution in [0.25, 0.3) is 0 Å². The minimum absolute atomic E-state index is 0.394. The third-order valence-corrected chi connectivity index (χ3v) is 3.28. The third kappa shape index (κ3) is 3.72. The summed E-state index contributed by atoms with van der Waals surface area (Å²) < 4.78 is 4.93. The van der Waals surface area contributed by atoms with Crippen molar-refractivity contribution >= 4 is 0 Å². The summed E-state index contributed by atoms with van der Waals surface area (Å²) in [6.07, 6.45) is 2.06. The van der Waals surface area contributed by atoms with Crippen LogP contribution in [0.15, 0.2) is 0 Å². The van der Waals surface area contributed by atoms with Gasteiger partial charge in [0.25, 0.3) is 0 Å². The number of nitrogens with two attached hydrogens (primary N) is 1. The van der Waals surface area contributed by atoms with E-state index in [1.165, 1.54) is 12.8 Å².